The number of halogens is 2. The summed E-state index contributed by atoms with van der Waals surface area (Å²) in [5, 5.41) is 0.805. The van der Waals surface area contributed by atoms with Gasteiger partial charge in [-0.05, 0) is 17.0 Å². The van der Waals surface area contributed by atoms with Gasteiger partial charge in [-0.1, -0.05) is 25.4 Å². The highest BCUT2D eigenvalue weighted by Gasteiger charge is 2.35. The summed E-state index contributed by atoms with van der Waals surface area (Å²) >= 11 is 11.7. The first kappa shape index (κ1) is 9.99. The maximum atomic E-state index is 5.97. The fraction of sp³-hybridized carbons (Fsp3) is 0.556. The summed E-state index contributed by atoms with van der Waals surface area (Å²) in [6.07, 6.45) is 1.54. The van der Waals surface area contributed by atoms with Gasteiger partial charge in [-0.25, -0.2) is 4.98 Å². The van der Waals surface area contributed by atoms with Crippen LogP contribution in [0.5, 0.6) is 0 Å². The van der Waals surface area contributed by atoms with Crippen LogP contribution < -0.4 is 4.90 Å². The molecular formula is C9H11Cl2N3. The van der Waals surface area contributed by atoms with Crippen molar-refractivity contribution in [3.05, 3.63) is 16.5 Å². The smallest absolute Gasteiger partial charge is 0.224 e. The number of anilines is 1. The molecule has 1 fully saturated rings. The fourth-order valence-electron chi connectivity index (χ4n) is 1.70. The maximum absolute atomic E-state index is 5.97. The van der Waals surface area contributed by atoms with Gasteiger partial charge >= 0.3 is 0 Å². The minimum Gasteiger partial charge on any atom is -0.354 e. The summed E-state index contributed by atoms with van der Waals surface area (Å²) in [7, 11) is 0. The Balaban J connectivity index is 2.22. The van der Waals surface area contributed by atoms with E-state index in [0.29, 0.717) is 10.4 Å². The summed E-state index contributed by atoms with van der Waals surface area (Å²) in [4.78, 5) is 10.0. The first-order valence-corrected chi connectivity index (χ1v) is 5.16. The van der Waals surface area contributed by atoms with Crippen molar-refractivity contribution < 1.29 is 0 Å². The zero-order valence-electron chi connectivity index (χ0n) is 8.09. The average molecular weight is 232 g/mol. The molecule has 76 valence electrons. The van der Waals surface area contributed by atoms with Gasteiger partial charge in [0.15, 0.2) is 5.82 Å². The van der Waals surface area contributed by atoms with E-state index in [0.717, 1.165) is 18.9 Å². The van der Waals surface area contributed by atoms with Gasteiger partial charge in [0, 0.05) is 13.1 Å². The normalized spacial score (nSPS) is 19.3. The minimum atomic E-state index is 0.245. The molecule has 0 unspecified atom stereocenters. The molecule has 0 amide bonds. The Morgan fingerprint density at radius 3 is 2.57 bits per heavy atom. The van der Waals surface area contributed by atoms with Gasteiger partial charge in [0.2, 0.25) is 5.28 Å². The zero-order chi connectivity index (χ0) is 10.3. The number of hydrogen-bond donors (Lipinski definition) is 0. The molecule has 5 heteroatoms. The first-order valence-electron chi connectivity index (χ1n) is 4.41. The van der Waals surface area contributed by atoms with Gasteiger partial charge in [0.1, 0.15) is 5.02 Å². The third-order valence-electron chi connectivity index (χ3n) is 2.23. The van der Waals surface area contributed by atoms with E-state index in [1.165, 1.54) is 6.20 Å². The maximum Gasteiger partial charge on any atom is 0.224 e. The largest absolute Gasteiger partial charge is 0.354 e. The van der Waals surface area contributed by atoms with E-state index in [9.17, 15) is 0 Å². The molecule has 2 rings (SSSR count). The van der Waals surface area contributed by atoms with Crippen molar-refractivity contribution in [2.24, 2.45) is 5.41 Å². The monoisotopic (exact) mass is 231 g/mol. The van der Waals surface area contributed by atoms with Gasteiger partial charge in [-0.2, -0.15) is 4.98 Å². The van der Waals surface area contributed by atoms with Gasteiger partial charge in [0.25, 0.3) is 0 Å². The number of nitrogens with zero attached hydrogens (tertiary/aromatic N) is 3. The highest BCUT2D eigenvalue weighted by molar-refractivity contribution is 6.33. The van der Waals surface area contributed by atoms with Crippen LogP contribution in [0, 0.1) is 5.41 Å². The van der Waals surface area contributed by atoms with E-state index >= 15 is 0 Å². The molecule has 1 aliphatic heterocycles. The topological polar surface area (TPSA) is 29.0 Å². The molecule has 1 aromatic heterocycles. The SMILES string of the molecule is CC1(C)CN(c2nc(Cl)ncc2Cl)C1. The van der Waals surface area contributed by atoms with Gasteiger partial charge < -0.3 is 4.90 Å². The molecular weight excluding hydrogens is 221 g/mol. The lowest BCUT2D eigenvalue weighted by molar-refractivity contribution is 0.274. The molecule has 3 nitrogen and oxygen atoms in total. The Morgan fingerprint density at radius 1 is 1.36 bits per heavy atom. The molecule has 1 aromatic rings. The Hall–Kier alpha value is -0.540. The van der Waals surface area contributed by atoms with Crippen molar-refractivity contribution in [1.82, 2.24) is 9.97 Å². The molecule has 1 saturated heterocycles. The highest BCUT2D eigenvalue weighted by Crippen LogP contribution is 2.35. The van der Waals surface area contributed by atoms with Crippen molar-refractivity contribution in [3.63, 3.8) is 0 Å². The first-order chi connectivity index (χ1) is 6.48. The minimum absolute atomic E-state index is 0.245. The van der Waals surface area contributed by atoms with Crippen LogP contribution in [0.3, 0.4) is 0 Å². The fourth-order valence-corrected chi connectivity index (χ4v) is 2.04. The number of hydrogen-bond acceptors (Lipinski definition) is 3. The molecule has 0 atom stereocenters. The molecule has 1 aliphatic rings. The summed E-state index contributed by atoms with van der Waals surface area (Å²) < 4.78 is 0. The van der Waals surface area contributed by atoms with E-state index in [-0.39, 0.29) is 5.28 Å². The van der Waals surface area contributed by atoms with Crippen LogP contribution in [0.15, 0.2) is 6.20 Å². The van der Waals surface area contributed by atoms with E-state index in [1.807, 2.05) is 0 Å². The summed E-state index contributed by atoms with van der Waals surface area (Å²) in [6, 6.07) is 0. The summed E-state index contributed by atoms with van der Waals surface area (Å²) in [5.74, 6) is 0.742. The van der Waals surface area contributed by atoms with Crippen LogP contribution in [0.4, 0.5) is 5.82 Å². The van der Waals surface area contributed by atoms with Crippen molar-refractivity contribution in [1.29, 1.82) is 0 Å². The number of aromatic nitrogens is 2. The third-order valence-corrected chi connectivity index (χ3v) is 2.68. The third kappa shape index (κ3) is 1.79. The molecule has 0 spiro atoms. The quantitative estimate of drug-likeness (QED) is 0.697. The molecule has 0 aromatic carbocycles. The standard InChI is InChI=1S/C9H11Cl2N3/c1-9(2)4-14(5-9)7-6(10)3-12-8(11)13-7/h3H,4-5H2,1-2H3. The van der Waals surface area contributed by atoms with E-state index in [2.05, 4.69) is 28.7 Å². The molecule has 0 saturated carbocycles. The molecule has 0 bridgehead atoms. The predicted octanol–water partition coefficient (Wildman–Crippen LogP) is 2.63. The second-order valence-electron chi connectivity index (χ2n) is 4.33. The molecule has 0 aliphatic carbocycles. The van der Waals surface area contributed by atoms with E-state index in [4.69, 9.17) is 23.2 Å². The van der Waals surface area contributed by atoms with Crippen LogP contribution in [-0.2, 0) is 0 Å². The molecule has 14 heavy (non-hydrogen) atoms. The summed E-state index contributed by atoms with van der Waals surface area (Å²) in [6.45, 7) is 6.33. The van der Waals surface area contributed by atoms with Crippen LogP contribution in [0.2, 0.25) is 10.3 Å². The molecule has 2 heterocycles. The van der Waals surface area contributed by atoms with Crippen molar-refractivity contribution in [3.8, 4) is 0 Å². The second-order valence-corrected chi connectivity index (χ2v) is 5.08. The van der Waals surface area contributed by atoms with Crippen molar-refractivity contribution in [2.75, 3.05) is 18.0 Å². The zero-order valence-corrected chi connectivity index (χ0v) is 9.60. The second kappa shape index (κ2) is 3.24. The molecule has 0 N–H and O–H groups in total. The Labute approximate surface area is 93.1 Å². The van der Waals surface area contributed by atoms with Gasteiger partial charge in [-0.15, -0.1) is 0 Å². The van der Waals surface area contributed by atoms with Crippen LogP contribution in [0.1, 0.15) is 13.8 Å². The highest BCUT2D eigenvalue weighted by atomic mass is 35.5. The van der Waals surface area contributed by atoms with Crippen LogP contribution in [-0.4, -0.2) is 23.1 Å². The lowest BCUT2D eigenvalue weighted by Gasteiger charge is -2.46. The van der Waals surface area contributed by atoms with Crippen LogP contribution in [0.25, 0.3) is 0 Å². The average Bonchev–Trinajstić information content (AvgIpc) is 2.05. The predicted molar refractivity (Wildman–Crippen MR) is 58.0 cm³/mol. The van der Waals surface area contributed by atoms with E-state index < -0.39 is 0 Å². The van der Waals surface area contributed by atoms with Crippen LogP contribution >= 0.6 is 23.2 Å². The summed E-state index contributed by atoms with van der Waals surface area (Å²) in [5.41, 5.74) is 0.348. The Kier molecular flexibility index (Phi) is 2.32. The number of rotatable bonds is 1. The van der Waals surface area contributed by atoms with Gasteiger partial charge in [-0.3, -0.25) is 0 Å². The Bertz CT molecular complexity index is 357. The lowest BCUT2D eigenvalue weighted by atomic mass is 9.84. The lowest BCUT2D eigenvalue weighted by Crippen LogP contribution is -2.53. The van der Waals surface area contributed by atoms with Crippen molar-refractivity contribution >= 4 is 29.0 Å². The Morgan fingerprint density at radius 2 is 2.00 bits per heavy atom. The van der Waals surface area contributed by atoms with Gasteiger partial charge in [0.05, 0.1) is 6.20 Å². The molecule has 0 radical (unpaired) electrons. The van der Waals surface area contributed by atoms with E-state index in [1.54, 1.807) is 0 Å². The van der Waals surface area contributed by atoms with Crippen molar-refractivity contribution in [2.45, 2.75) is 13.8 Å².